The average Bonchev–Trinajstić information content (AvgIpc) is 2.49. The third-order valence-corrected chi connectivity index (χ3v) is 4.35. The predicted octanol–water partition coefficient (Wildman–Crippen LogP) is 3.57. The fraction of sp³-hybridized carbons (Fsp3) is 0.647. The van der Waals surface area contributed by atoms with Crippen LogP contribution in [0.1, 0.15) is 39.5 Å². The lowest BCUT2D eigenvalue weighted by molar-refractivity contribution is 0.240. The van der Waals surface area contributed by atoms with E-state index in [1.807, 2.05) is 0 Å². The van der Waals surface area contributed by atoms with Gasteiger partial charge in [-0.2, -0.15) is 0 Å². The van der Waals surface area contributed by atoms with Crippen molar-refractivity contribution in [3.63, 3.8) is 0 Å². The van der Waals surface area contributed by atoms with Crippen molar-refractivity contribution >= 4 is 5.69 Å². The van der Waals surface area contributed by atoms with Gasteiger partial charge in [0.05, 0.1) is 12.3 Å². The summed E-state index contributed by atoms with van der Waals surface area (Å²) in [7, 11) is 0. The Hall–Kier alpha value is -1.29. The molecule has 0 bridgehead atoms. The Bertz CT molecular complexity index is 448. The van der Waals surface area contributed by atoms with Gasteiger partial charge in [-0.15, -0.1) is 0 Å². The van der Waals surface area contributed by atoms with Gasteiger partial charge in [0.25, 0.3) is 0 Å². The molecule has 0 aromatic heterocycles. The van der Waals surface area contributed by atoms with Gasteiger partial charge in [-0.05, 0) is 30.9 Å². The lowest BCUT2D eigenvalue weighted by Gasteiger charge is -2.33. The van der Waals surface area contributed by atoms with Crippen molar-refractivity contribution in [2.45, 2.75) is 45.6 Å². The largest absolute Gasteiger partial charge is 0.491 e. The first-order chi connectivity index (χ1) is 10.1. The molecule has 1 aromatic carbocycles. The predicted molar refractivity (Wildman–Crippen MR) is 85.4 cm³/mol. The van der Waals surface area contributed by atoms with E-state index in [4.69, 9.17) is 10.5 Å². The average molecular weight is 294 g/mol. The highest BCUT2D eigenvalue weighted by molar-refractivity contribution is 5.59. The van der Waals surface area contributed by atoms with Crippen LogP contribution in [-0.4, -0.2) is 25.7 Å². The molecule has 0 amide bonds. The molecule has 1 unspecified atom stereocenters. The van der Waals surface area contributed by atoms with Gasteiger partial charge in [0, 0.05) is 25.2 Å². The molecule has 3 nitrogen and oxygen atoms in total. The van der Waals surface area contributed by atoms with Crippen LogP contribution < -0.4 is 15.4 Å². The number of nitrogens with zero attached hydrogens (tertiary/aromatic N) is 1. The van der Waals surface area contributed by atoms with E-state index in [1.165, 1.54) is 6.07 Å². The van der Waals surface area contributed by atoms with Crippen LogP contribution >= 0.6 is 0 Å². The zero-order valence-electron chi connectivity index (χ0n) is 13.1. The Morgan fingerprint density at radius 1 is 1.38 bits per heavy atom. The van der Waals surface area contributed by atoms with E-state index in [1.54, 1.807) is 12.1 Å². The number of rotatable bonds is 6. The third kappa shape index (κ3) is 4.34. The Labute approximate surface area is 127 Å². The molecule has 1 heterocycles. The summed E-state index contributed by atoms with van der Waals surface area (Å²) >= 11 is 0. The summed E-state index contributed by atoms with van der Waals surface area (Å²) in [5, 5.41) is 0. The van der Waals surface area contributed by atoms with Crippen LogP contribution in [0.5, 0.6) is 5.75 Å². The zero-order chi connectivity index (χ0) is 15.2. The summed E-state index contributed by atoms with van der Waals surface area (Å²) < 4.78 is 19.6. The maximum Gasteiger partial charge on any atom is 0.142 e. The molecule has 0 spiro atoms. The molecule has 118 valence electrons. The maximum absolute atomic E-state index is 13.6. The molecule has 2 rings (SSSR count). The second-order valence-corrected chi connectivity index (χ2v) is 5.95. The first kappa shape index (κ1) is 16.1. The van der Waals surface area contributed by atoms with Gasteiger partial charge in [0.2, 0.25) is 0 Å². The molecule has 21 heavy (non-hydrogen) atoms. The van der Waals surface area contributed by atoms with Gasteiger partial charge in [-0.3, -0.25) is 0 Å². The van der Waals surface area contributed by atoms with Crippen LogP contribution in [0.3, 0.4) is 0 Å². The summed E-state index contributed by atoms with van der Waals surface area (Å²) in [6.45, 7) is 6.72. The second kappa shape index (κ2) is 7.64. The van der Waals surface area contributed by atoms with Gasteiger partial charge in [0.15, 0.2) is 0 Å². The van der Waals surface area contributed by atoms with E-state index >= 15 is 0 Å². The minimum atomic E-state index is -0.223. The molecule has 4 heteroatoms. The van der Waals surface area contributed by atoms with Crippen molar-refractivity contribution in [1.82, 2.24) is 0 Å². The monoisotopic (exact) mass is 294 g/mol. The van der Waals surface area contributed by atoms with Crippen LogP contribution in [0.4, 0.5) is 10.1 Å². The van der Waals surface area contributed by atoms with Crippen LogP contribution in [0.25, 0.3) is 0 Å². The van der Waals surface area contributed by atoms with Gasteiger partial charge < -0.3 is 15.4 Å². The number of hydrogen-bond donors (Lipinski definition) is 1. The fourth-order valence-electron chi connectivity index (χ4n) is 2.82. The number of ether oxygens (including phenoxy) is 1. The smallest absolute Gasteiger partial charge is 0.142 e. The van der Waals surface area contributed by atoms with Crippen molar-refractivity contribution in [2.24, 2.45) is 11.7 Å². The second-order valence-electron chi connectivity index (χ2n) is 5.95. The number of halogens is 1. The molecular weight excluding hydrogens is 267 g/mol. The number of hydrogen-bond acceptors (Lipinski definition) is 3. The van der Waals surface area contributed by atoms with Crippen LogP contribution in [0, 0.1) is 11.7 Å². The van der Waals surface area contributed by atoms with Crippen molar-refractivity contribution in [1.29, 1.82) is 0 Å². The fourth-order valence-corrected chi connectivity index (χ4v) is 2.82. The van der Waals surface area contributed by atoms with E-state index in [2.05, 4.69) is 18.7 Å². The minimum Gasteiger partial charge on any atom is -0.491 e. The maximum atomic E-state index is 13.6. The van der Waals surface area contributed by atoms with Crippen molar-refractivity contribution in [3.8, 4) is 5.75 Å². The van der Waals surface area contributed by atoms with Gasteiger partial charge in [-0.25, -0.2) is 4.39 Å². The molecule has 0 aliphatic carbocycles. The normalized spacial score (nSPS) is 19.1. The van der Waals surface area contributed by atoms with Gasteiger partial charge >= 0.3 is 0 Å². The number of piperidine rings is 1. The first-order valence-electron chi connectivity index (χ1n) is 8.06. The van der Waals surface area contributed by atoms with Crippen LogP contribution in [0.2, 0.25) is 0 Å². The Kier molecular flexibility index (Phi) is 5.85. The van der Waals surface area contributed by atoms with Crippen LogP contribution in [-0.2, 0) is 0 Å². The molecule has 2 N–H and O–H groups in total. The number of nitrogens with two attached hydrogens (primary N) is 1. The van der Waals surface area contributed by atoms with E-state index in [0.29, 0.717) is 12.5 Å². The van der Waals surface area contributed by atoms with Gasteiger partial charge in [0.1, 0.15) is 11.6 Å². The highest BCUT2D eigenvalue weighted by atomic mass is 19.1. The number of benzene rings is 1. The highest BCUT2D eigenvalue weighted by Crippen LogP contribution is 2.31. The lowest BCUT2D eigenvalue weighted by atomic mass is 10.0. The molecule has 1 fully saturated rings. The topological polar surface area (TPSA) is 38.5 Å². The molecule has 0 saturated carbocycles. The van der Waals surface area contributed by atoms with E-state index < -0.39 is 0 Å². The van der Waals surface area contributed by atoms with Crippen molar-refractivity contribution in [3.05, 3.63) is 24.0 Å². The lowest BCUT2D eigenvalue weighted by Crippen LogP contribution is -2.43. The summed E-state index contributed by atoms with van der Waals surface area (Å²) in [5.74, 6) is 1.10. The SMILES string of the molecule is CCC(CC)COc1ccc(F)cc1N1CCCC(N)C1. The van der Waals surface area contributed by atoms with E-state index in [9.17, 15) is 4.39 Å². The number of anilines is 1. The Morgan fingerprint density at radius 3 is 2.81 bits per heavy atom. The van der Waals surface area contributed by atoms with E-state index in [0.717, 1.165) is 50.2 Å². The van der Waals surface area contributed by atoms with E-state index in [-0.39, 0.29) is 11.9 Å². The Balaban J connectivity index is 2.13. The molecular formula is C17H27FN2O. The standard InChI is InChI=1S/C17H27FN2O/c1-3-13(4-2)12-21-17-8-7-14(18)10-16(17)20-9-5-6-15(19)11-20/h7-8,10,13,15H,3-6,9,11-12,19H2,1-2H3. The third-order valence-electron chi connectivity index (χ3n) is 4.35. The molecule has 1 aliphatic heterocycles. The molecule has 1 aromatic rings. The summed E-state index contributed by atoms with van der Waals surface area (Å²) in [5.41, 5.74) is 6.88. The first-order valence-corrected chi connectivity index (χ1v) is 8.06. The highest BCUT2D eigenvalue weighted by Gasteiger charge is 2.20. The zero-order valence-corrected chi connectivity index (χ0v) is 13.1. The minimum absolute atomic E-state index is 0.161. The molecule has 1 aliphatic rings. The summed E-state index contributed by atoms with van der Waals surface area (Å²) in [6, 6.07) is 4.94. The Morgan fingerprint density at radius 2 is 2.14 bits per heavy atom. The molecule has 0 radical (unpaired) electrons. The van der Waals surface area contributed by atoms with Crippen molar-refractivity contribution in [2.75, 3.05) is 24.6 Å². The molecule has 1 saturated heterocycles. The molecule has 1 atom stereocenters. The van der Waals surface area contributed by atoms with Crippen molar-refractivity contribution < 1.29 is 9.13 Å². The quantitative estimate of drug-likeness (QED) is 0.871. The summed E-state index contributed by atoms with van der Waals surface area (Å²) in [6.07, 6.45) is 4.28. The van der Waals surface area contributed by atoms with Crippen LogP contribution in [0.15, 0.2) is 18.2 Å². The van der Waals surface area contributed by atoms with Gasteiger partial charge in [-0.1, -0.05) is 26.7 Å². The summed E-state index contributed by atoms with van der Waals surface area (Å²) in [4.78, 5) is 2.15.